The van der Waals surface area contributed by atoms with Gasteiger partial charge >= 0.3 is 5.97 Å². The number of aromatic nitrogens is 3. The summed E-state index contributed by atoms with van der Waals surface area (Å²) in [6.45, 7) is 19.2. The summed E-state index contributed by atoms with van der Waals surface area (Å²) in [5.74, 6) is -2.75. The van der Waals surface area contributed by atoms with Gasteiger partial charge in [-0.25, -0.2) is 4.68 Å². The average Bonchev–Trinajstić information content (AvgIpc) is 3.99. The van der Waals surface area contributed by atoms with E-state index in [2.05, 4.69) is 36.3 Å². The summed E-state index contributed by atoms with van der Waals surface area (Å²) >= 11 is 3.48. The SMILES string of the molecule is CC[C@H]1OC(=O)[C@H](C)[C@@H](O[C@H]2C[C@@](C)(OC)[C@@H](O)[C@H](C)O2)[C@H](C)[C@@H](O[C@@H]2O[C@H](C)C[C@H](N(C)CCCc3cn(C[C@H]4CC(c5ccc(Br)cc5)=NO4)nn3)[C@H]2O)[C@](C)(O)C[C@@H](C)CN(C)[C@H](C)[C@@H](O)[C@]1(C)O. The van der Waals surface area contributed by atoms with Crippen LogP contribution < -0.4 is 0 Å². The molecule has 19 atom stereocenters. The molecule has 5 N–H and O–H groups in total. The quantitative estimate of drug-likeness (QED) is 0.165. The van der Waals surface area contributed by atoms with Gasteiger partial charge in [-0.05, 0) is 125 Å². The minimum Gasteiger partial charge on any atom is -0.459 e. The van der Waals surface area contributed by atoms with Gasteiger partial charge in [-0.1, -0.05) is 59.2 Å². The number of carbonyl (C=O) groups is 1. The Kier molecular flexibility index (Phi) is 20.0. The second kappa shape index (κ2) is 24.5. The minimum atomic E-state index is -1.83. The van der Waals surface area contributed by atoms with Crippen molar-refractivity contribution in [2.75, 3.05) is 34.3 Å². The zero-order valence-corrected chi connectivity index (χ0v) is 46.3. The molecule has 5 heterocycles. The molecule has 1 aromatic heterocycles. The smallest absolute Gasteiger partial charge is 0.311 e. The van der Waals surface area contributed by atoms with Gasteiger partial charge in [-0.3, -0.25) is 4.79 Å². The number of rotatable bonds is 14. The van der Waals surface area contributed by atoms with Crippen molar-refractivity contribution >= 4 is 27.6 Å². The number of cyclic esters (lactones) is 1. The number of hydrogen-bond acceptors (Lipinski definition) is 18. The van der Waals surface area contributed by atoms with Gasteiger partial charge in [0.2, 0.25) is 0 Å². The maximum absolute atomic E-state index is 14.5. The first-order chi connectivity index (χ1) is 33.8. The number of halogens is 1. The highest BCUT2D eigenvalue weighted by Gasteiger charge is 2.53. The number of aliphatic hydroxyl groups excluding tert-OH is 3. The number of likely N-dealkylation sites (N-methyl/N-ethyl adjacent to an activating group) is 2. The molecule has 3 fully saturated rings. The fraction of sp³-hybridized carbons (Fsp3) is 0.808. The molecule has 0 amide bonds. The van der Waals surface area contributed by atoms with Crippen LogP contribution in [0, 0.1) is 17.8 Å². The summed E-state index contributed by atoms with van der Waals surface area (Å²) in [7, 11) is 5.32. The van der Waals surface area contributed by atoms with Crippen LogP contribution in [-0.2, 0) is 51.0 Å². The summed E-state index contributed by atoms with van der Waals surface area (Å²) in [4.78, 5) is 24.3. The van der Waals surface area contributed by atoms with E-state index in [1.807, 2.05) is 70.2 Å². The molecule has 6 rings (SSSR count). The van der Waals surface area contributed by atoms with Crippen LogP contribution in [0.2, 0.25) is 0 Å². The monoisotopic (exact) mass is 1080 g/mol. The Morgan fingerprint density at radius 3 is 2.33 bits per heavy atom. The second-order valence-corrected chi connectivity index (χ2v) is 23.1. The highest BCUT2D eigenvalue weighted by Crippen LogP contribution is 2.40. The normalized spacial score (nSPS) is 41.1. The van der Waals surface area contributed by atoms with Crippen molar-refractivity contribution in [1.82, 2.24) is 24.8 Å². The van der Waals surface area contributed by atoms with E-state index in [1.165, 1.54) is 14.0 Å². The Morgan fingerprint density at radius 2 is 1.67 bits per heavy atom. The Morgan fingerprint density at radius 1 is 0.972 bits per heavy atom. The molecule has 0 saturated carbocycles. The molecule has 0 aliphatic carbocycles. The maximum atomic E-state index is 14.5. The molecule has 4 aliphatic heterocycles. The molecule has 19 nitrogen and oxygen atoms in total. The molecule has 0 unspecified atom stereocenters. The van der Waals surface area contributed by atoms with Crippen molar-refractivity contribution in [3.8, 4) is 0 Å². The highest BCUT2D eigenvalue weighted by atomic mass is 79.9. The third kappa shape index (κ3) is 13.8. The molecule has 0 spiro atoms. The van der Waals surface area contributed by atoms with Crippen LogP contribution in [0.3, 0.4) is 0 Å². The number of esters is 1. The third-order valence-corrected chi connectivity index (χ3v) is 16.5. The zero-order valence-electron chi connectivity index (χ0n) is 44.8. The van der Waals surface area contributed by atoms with Crippen molar-refractivity contribution in [3.63, 3.8) is 0 Å². The fourth-order valence-electron chi connectivity index (χ4n) is 11.4. The van der Waals surface area contributed by atoms with Gasteiger partial charge in [0.25, 0.3) is 0 Å². The summed E-state index contributed by atoms with van der Waals surface area (Å²) < 4.78 is 41.1. The first-order valence-corrected chi connectivity index (χ1v) is 26.7. The Hall–Kier alpha value is -2.70. The second-order valence-electron chi connectivity index (χ2n) is 22.2. The molecule has 408 valence electrons. The predicted octanol–water partition coefficient (Wildman–Crippen LogP) is 4.45. The Labute approximate surface area is 434 Å². The lowest BCUT2D eigenvalue weighted by molar-refractivity contribution is -0.318. The number of benzene rings is 1. The van der Waals surface area contributed by atoms with Gasteiger partial charge in [-0.15, -0.1) is 5.10 Å². The fourth-order valence-corrected chi connectivity index (χ4v) is 11.7. The number of hydrogen-bond donors (Lipinski definition) is 5. The number of nitrogens with zero attached hydrogens (tertiary/aromatic N) is 6. The van der Waals surface area contributed by atoms with E-state index < -0.39 is 96.0 Å². The van der Waals surface area contributed by atoms with Crippen LogP contribution in [-0.4, -0.2) is 193 Å². The molecule has 2 aromatic rings. The van der Waals surface area contributed by atoms with Crippen molar-refractivity contribution < 1.29 is 63.6 Å². The molecule has 3 saturated heterocycles. The van der Waals surface area contributed by atoms with Gasteiger partial charge in [0, 0.05) is 55.2 Å². The van der Waals surface area contributed by atoms with Gasteiger partial charge in [0.05, 0.1) is 59.5 Å². The number of methoxy groups -OCH3 is 1. The predicted molar refractivity (Wildman–Crippen MR) is 272 cm³/mol. The third-order valence-electron chi connectivity index (χ3n) is 15.9. The van der Waals surface area contributed by atoms with E-state index in [9.17, 15) is 30.3 Å². The summed E-state index contributed by atoms with van der Waals surface area (Å²) in [6.07, 6.45) is -5.06. The van der Waals surface area contributed by atoms with Crippen LogP contribution in [0.15, 0.2) is 40.1 Å². The van der Waals surface area contributed by atoms with Crippen LogP contribution >= 0.6 is 15.9 Å². The van der Waals surface area contributed by atoms with Gasteiger partial charge < -0.3 is 68.6 Å². The zero-order chi connectivity index (χ0) is 53.0. The highest BCUT2D eigenvalue weighted by molar-refractivity contribution is 9.10. The van der Waals surface area contributed by atoms with Crippen molar-refractivity contribution in [2.24, 2.45) is 22.9 Å². The van der Waals surface area contributed by atoms with Crippen LogP contribution in [0.25, 0.3) is 0 Å². The number of aryl methyl sites for hydroxylation is 1. The minimum absolute atomic E-state index is 0.107. The van der Waals surface area contributed by atoms with Gasteiger partial charge in [0.1, 0.15) is 30.0 Å². The number of oxime groups is 1. The van der Waals surface area contributed by atoms with E-state index in [0.717, 1.165) is 27.9 Å². The number of ether oxygens (including phenoxy) is 6. The van der Waals surface area contributed by atoms with Crippen LogP contribution in [0.5, 0.6) is 0 Å². The summed E-state index contributed by atoms with van der Waals surface area (Å²) in [5, 5.41) is 72.8. The van der Waals surface area contributed by atoms with Crippen molar-refractivity contribution in [1.29, 1.82) is 0 Å². The largest absolute Gasteiger partial charge is 0.459 e. The maximum Gasteiger partial charge on any atom is 0.311 e. The molecule has 20 heteroatoms. The molecular formula is C52H85BrN6O13. The van der Waals surface area contributed by atoms with Gasteiger partial charge in [-0.2, -0.15) is 0 Å². The molecule has 0 radical (unpaired) electrons. The summed E-state index contributed by atoms with van der Waals surface area (Å²) in [6, 6.07) is 7.04. The van der Waals surface area contributed by atoms with Crippen molar-refractivity contribution in [2.45, 2.75) is 217 Å². The lowest BCUT2D eigenvalue weighted by Crippen LogP contribution is -2.60. The van der Waals surface area contributed by atoms with E-state index in [-0.39, 0.29) is 43.4 Å². The molecule has 72 heavy (non-hydrogen) atoms. The number of aliphatic hydroxyl groups is 5. The standard InChI is InChI=1S/C52H85BrN6O13/c1-14-41-52(10,65)45(61)33(6)58(12)26-29(2)24-50(8,64)47(31(4)44(32(5)48(63)69-41)70-42-25-51(9,66-13)46(62)34(7)68-42)71-49-43(60)40(22-30(3)67-49)57(11)21-15-16-37-27-59(56-54-37)28-38-23-39(55-72-38)35-17-19-36(53)20-18-35/h17-20,27,29-34,38,40-47,49,60-62,64-65H,14-16,21-26,28H2,1-13H3/t29-,30-,31+,32-,33-,34+,38-,40+,41-,42+,43-,44+,45-,46+,47-,49+,50-,51-,52-/m1/s1. The van der Waals surface area contributed by atoms with Crippen LogP contribution in [0.4, 0.5) is 0 Å². The molecule has 1 aromatic carbocycles. The van der Waals surface area contributed by atoms with E-state index in [4.69, 9.17) is 33.3 Å². The van der Waals surface area contributed by atoms with E-state index in [1.54, 1.807) is 46.2 Å². The Balaban J connectivity index is 1.20. The number of carbonyl (C=O) groups excluding carboxylic acids is 1. The van der Waals surface area contributed by atoms with Gasteiger partial charge in [0.15, 0.2) is 18.7 Å². The van der Waals surface area contributed by atoms with Crippen molar-refractivity contribution in [3.05, 3.63) is 46.2 Å². The van der Waals surface area contributed by atoms with E-state index >= 15 is 0 Å². The Bertz CT molecular complexity index is 2080. The van der Waals surface area contributed by atoms with E-state index in [0.29, 0.717) is 38.9 Å². The molecule has 4 aliphatic rings. The lowest BCUT2D eigenvalue weighted by atomic mass is 9.77. The molecular weight excluding hydrogens is 997 g/mol. The van der Waals surface area contributed by atoms with Crippen LogP contribution in [0.1, 0.15) is 119 Å². The summed E-state index contributed by atoms with van der Waals surface area (Å²) in [5.41, 5.74) is -1.75. The first kappa shape index (κ1) is 58.6. The molecule has 0 bridgehead atoms. The lowest BCUT2D eigenvalue weighted by Gasteiger charge is -2.49. The first-order valence-electron chi connectivity index (χ1n) is 25.9. The average molecular weight is 1080 g/mol. The topological polar surface area (TPSA) is 232 Å².